The monoisotopic (exact) mass is 567 g/mol. The number of alkyl halides is 3. The van der Waals surface area contributed by atoms with E-state index in [9.17, 15) is 22.8 Å². The van der Waals surface area contributed by atoms with Crippen LogP contribution in [-0.2, 0) is 22.5 Å². The molecule has 216 valence electrons. The molecule has 1 heterocycles. The molecule has 0 spiro atoms. The van der Waals surface area contributed by atoms with Crippen molar-refractivity contribution in [3.05, 3.63) is 78.1 Å². The molecule has 1 amide bonds. The maximum Gasteiger partial charge on any atom is 0.514 e. The highest BCUT2D eigenvalue weighted by Gasteiger charge is 2.38. The summed E-state index contributed by atoms with van der Waals surface area (Å²) in [4.78, 5) is 28.5. The van der Waals surface area contributed by atoms with Crippen molar-refractivity contribution in [2.45, 2.75) is 65.3 Å². The van der Waals surface area contributed by atoms with E-state index >= 15 is 0 Å². The van der Waals surface area contributed by atoms with Crippen molar-refractivity contribution in [2.24, 2.45) is 0 Å². The maximum absolute atomic E-state index is 12.8. The van der Waals surface area contributed by atoms with E-state index in [4.69, 9.17) is 14.5 Å². The number of ether oxygens (including phenoxy) is 2. The first-order valence-electron chi connectivity index (χ1n) is 13.3. The smallest absolute Gasteiger partial charge is 0.428 e. The van der Waals surface area contributed by atoms with Gasteiger partial charge in [-0.3, -0.25) is 4.79 Å². The molecule has 4 aromatic rings. The number of rotatable bonds is 8. The summed E-state index contributed by atoms with van der Waals surface area (Å²) in [7, 11) is 0. The summed E-state index contributed by atoms with van der Waals surface area (Å²) in [5, 5.41) is 1.92. The Morgan fingerprint density at radius 1 is 0.976 bits per heavy atom. The average molecular weight is 568 g/mol. The van der Waals surface area contributed by atoms with Gasteiger partial charge in [0, 0.05) is 24.2 Å². The SMILES string of the molecule is CCCCc1nc2ccc(NC(=O)C(F)(F)F)cc2n1Cc1ccc(-c2ccccc2OC(=O)OC(C)(C)C)cc1. The van der Waals surface area contributed by atoms with E-state index in [1.165, 1.54) is 12.1 Å². The van der Waals surface area contributed by atoms with Crippen molar-refractivity contribution in [2.75, 3.05) is 5.32 Å². The molecule has 0 aliphatic rings. The third kappa shape index (κ3) is 7.65. The van der Waals surface area contributed by atoms with Gasteiger partial charge in [0.25, 0.3) is 0 Å². The highest BCUT2D eigenvalue weighted by molar-refractivity contribution is 5.96. The number of aromatic nitrogens is 2. The molecule has 1 aromatic heterocycles. The third-order valence-corrected chi connectivity index (χ3v) is 6.17. The summed E-state index contributed by atoms with van der Waals surface area (Å²) in [6.07, 6.45) is -3.23. The number of halogens is 3. The molecule has 0 aliphatic heterocycles. The van der Waals surface area contributed by atoms with E-state index in [0.29, 0.717) is 35.3 Å². The fraction of sp³-hybridized carbons (Fsp3) is 0.323. The lowest BCUT2D eigenvalue weighted by atomic mass is 10.0. The Morgan fingerprint density at radius 2 is 1.68 bits per heavy atom. The van der Waals surface area contributed by atoms with Gasteiger partial charge in [-0.1, -0.05) is 55.8 Å². The molecular weight excluding hydrogens is 535 g/mol. The van der Waals surface area contributed by atoms with Crippen LogP contribution in [0, 0.1) is 0 Å². The fourth-order valence-corrected chi connectivity index (χ4v) is 4.28. The van der Waals surface area contributed by atoms with Crippen molar-refractivity contribution in [3.8, 4) is 16.9 Å². The number of benzene rings is 3. The molecular formula is C31H32F3N3O4. The number of hydrogen-bond donors (Lipinski definition) is 1. The Labute approximate surface area is 236 Å². The van der Waals surface area contributed by atoms with Crippen LogP contribution in [0.15, 0.2) is 66.7 Å². The van der Waals surface area contributed by atoms with Gasteiger partial charge < -0.3 is 19.4 Å². The van der Waals surface area contributed by atoms with Crippen LogP contribution in [-0.4, -0.2) is 33.4 Å². The maximum atomic E-state index is 12.8. The predicted molar refractivity (Wildman–Crippen MR) is 151 cm³/mol. The van der Waals surface area contributed by atoms with Crippen LogP contribution < -0.4 is 10.1 Å². The number of unbranched alkanes of at least 4 members (excludes halogenated alkanes) is 1. The molecule has 0 radical (unpaired) electrons. The zero-order valence-electron chi connectivity index (χ0n) is 23.3. The summed E-state index contributed by atoms with van der Waals surface area (Å²) < 4.78 is 51.1. The molecule has 7 nitrogen and oxygen atoms in total. The van der Waals surface area contributed by atoms with Gasteiger partial charge in [0.1, 0.15) is 17.2 Å². The molecule has 0 fully saturated rings. The van der Waals surface area contributed by atoms with E-state index < -0.39 is 23.8 Å². The molecule has 0 saturated heterocycles. The zero-order valence-corrected chi connectivity index (χ0v) is 23.3. The van der Waals surface area contributed by atoms with Gasteiger partial charge in [-0.25, -0.2) is 9.78 Å². The first kappa shape index (κ1) is 29.6. The van der Waals surface area contributed by atoms with Gasteiger partial charge in [-0.15, -0.1) is 0 Å². The lowest BCUT2D eigenvalue weighted by molar-refractivity contribution is -0.167. The van der Waals surface area contributed by atoms with Crippen LogP contribution in [0.4, 0.5) is 23.7 Å². The topological polar surface area (TPSA) is 82.5 Å². The van der Waals surface area contributed by atoms with Crippen molar-refractivity contribution in [1.82, 2.24) is 9.55 Å². The van der Waals surface area contributed by atoms with Crippen LogP contribution in [0.2, 0.25) is 0 Å². The van der Waals surface area contributed by atoms with Crippen LogP contribution in [0.5, 0.6) is 5.75 Å². The number of nitrogens with zero attached hydrogens (tertiary/aromatic N) is 2. The largest absolute Gasteiger partial charge is 0.514 e. The Bertz CT molecular complexity index is 1540. The van der Waals surface area contributed by atoms with E-state index in [-0.39, 0.29) is 5.69 Å². The second-order valence-corrected chi connectivity index (χ2v) is 10.6. The van der Waals surface area contributed by atoms with Crippen molar-refractivity contribution >= 4 is 28.8 Å². The summed E-state index contributed by atoms with van der Waals surface area (Å²) in [6.45, 7) is 7.77. The first-order valence-corrected chi connectivity index (χ1v) is 13.3. The second kappa shape index (κ2) is 12.0. The van der Waals surface area contributed by atoms with Gasteiger partial charge in [0.05, 0.1) is 11.0 Å². The first-order chi connectivity index (χ1) is 19.3. The number of carbonyl (C=O) groups excluding carboxylic acids is 2. The quantitative estimate of drug-likeness (QED) is 0.173. The highest BCUT2D eigenvalue weighted by atomic mass is 19.4. The minimum atomic E-state index is -4.99. The van der Waals surface area contributed by atoms with Crippen LogP contribution in [0.1, 0.15) is 51.9 Å². The van der Waals surface area contributed by atoms with Crippen LogP contribution in [0.25, 0.3) is 22.2 Å². The molecule has 0 saturated carbocycles. The number of para-hydroxylation sites is 1. The number of aryl methyl sites for hydroxylation is 1. The Hall–Kier alpha value is -4.34. The van der Waals surface area contributed by atoms with E-state index in [1.807, 2.05) is 46.3 Å². The van der Waals surface area contributed by atoms with Gasteiger partial charge in [-0.05, 0) is 62.6 Å². The van der Waals surface area contributed by atoms with Crippen molar-refractivity contribution in [3.63, 3.8) is 0 Å². The van der Waals surface area contributed by atoms with Crippen molar-refractivity contribution in [1.29, 1.82) is 0 Å². The summed E-state index contributed by atoms with van der Waals surface area (Å²) in [5.74, 6) is -0.854. The van der Waals surface area contributed by atoms with E-state index in [1.54, 1.807) is 39.0 Å². The predicted octanol–water partition coefficient (Wildman–Crippen LogP) is 7.91. The highest BCUT2D eigenvalue weighted by Crippen LogP contribution is 2.31. The van der Waals surface area contributed by atoms with Gasteiger partial charge in [0.15, 0.2) is 0 Å². The third-order valence-electron chi connectivity index (χ3n) is 6.17. The minimum absolute atomic E-state index is 0.0416. The Morgan fingerprint density at radius 3 is 2.34 bits per heavy atom. The number of anilines is 1. The average Bonchev–Trinajstić information content (AvgIpc) is 3.23. The molecule has 10 heteroatoms. The molecule has 4 rings (SSSR count). The molecule has 41 heavy (non-hydrogen) atoms. The molecule has 0 bridgehead atoms. The van der Waals surface area contributed by atoms with Crippen LogP contribution >= 0.6 is 0 Å². The number of imidazole rings is 1. The lowest BCUT2D eigenvalue weighted by Gasteiger charge is -2.19. The molecule has 0 unspecified atom stereocenters. The fourth-order valence-electron chi connectivity index (χ4n) is 4.28. The Kier molecular flexibility index (Phi) is 8.70. The summed E-state index contributed by atoms with van der Waals surface area (Å²) in [5.41, 5.74) is 3.08. The summed E-state index contributed by atoms with van der Waals surface area (Å²) in [6, 6.07) is 19.4. The molecule has 3 aromatic carbocycles. The molecule has 0 atom stereocenters. The normalized spacial score (nSPS) is 11.9. The van der Waals surface area contributed by atoms with Gasteiger partial charge in [-0.2, -0.15) is 13.2 Å². The molecule has 1 N–H and O–H groups in total. The minimum Gasteiger partial charge on any atom is -0.428 e. The number of nitrogens with one attached hydrogen (secondary N) is 1. The summed E-state index contributed by atoms with van der Waals surface area (Å²) >= 11 is 0. The standard InChI is InChI=1S/C31H32F3N3O4/c1-5-6-11-27-36-24-17-16-22(35-28(38)31(32,33)34)18-25(24)37(27)19-20-12-14-21(15-13-20)23-9-7-8-10-26(23)40-29(39)41-30(2,3)4/h7-10,12-18H,5-6,11,19H2,1-4H3,(H,35,38). The number of hydrogen-bond acceptors (Lipinski definition) is 5. The van der Waals surface area contributed by atoms with Crippen molar-refractivity contribution < 1.29 is 32.2 Å². The Balaban J connectivity index is 1.61. The number of amides is 1. The number of carbonyl (C=O) groups is 2. The number of fused-ring (bicyclic) bond motifs is 1. The van der Waals surface area contributed by atoms with Crippen LogP contribution in [0.3, 0.4) is 0 Å². The zero-order chi connectivity index (χ0) is 29.8. The van der Waals surface area contributed by atoms with Gasteiger partial charge in [0.2, 0.25) is 0 Å². The van der Waals surface area contributed by atoms with E-state index in [2.05, 4.69) is 6.92 Å². The van der Waals surface area contributed by atoms with Gasteiger partial charge >= 0.3 is 18.2 Å². The lowest BCUT2D eigenvalue weighted by Crippen LogP contribution is -2.29. The van der Waals surface area contributed by atoms with E-state index in [0.717, 1.165) is 29.8 Å². The molecule has 0 aliphatic carbocycles. The second-order valence-electron chi connectivity index (χ2n) is 10.6.